The quantitative estimate of drug-likeness (QED) is 0.611. The molecule has 0 radical (unpaired) electrons. The van der Waals surface area contributed by atoms with Crippen LogP contribution in [0, 0.1) is 0 Å². The summed E-state index contributed by atoms with van der Waals surface area (Å²) in [5.41, 5.74) is 0.598. The highest BCUT2D eigenvalue weighted by molar-refractivity contribution is 5.86. The minimum absolute atomic E-state index is 0.598. The van der Waals surface area contributed by atoms with Gasteiger partial charge in [-0.3, -0.25) is 0 Å². The van der Waals surface area contributed by atoms with Crippen molar-refractivity contribution in [2.24, 2.45) is 0 Å². The molecule has 1 aliphatic carbocycles. The highest BCUT2D eigenvalue weighted by atomic mass is 16.4. The van der Waals surface area contributed by atoms with Crippen molar-refractivity contribution >= 4 is 5.97 Å². The number of carboxylic acid groups (broad SMARTS) is 1. The van der Waals surface area contributed by atoms with E-state index in [1.807, 2.05) is 13.0 Å². The van der Waals surface area contributed by atoms with E-state index in [9.17, 15) is 4.79 Å². The molecule has 0 aliphatic heterocycles. The molecule has 0 bridgehead atoms. The topological polar surface area (TPSA) is 37.3 Å². The second-order valence-corrected chi connectivity index (χ2v) is 2.69. The van der Waals surface area contributed by atoms with E-state index < -0.39 is 5.97 Å². The Kier molecular flexibility index (Phi) is 6.07. The van der Waals surface area contributed by atoms with Crippen LogP contribution in [0.15, 0.2) is 24.3 Å². The number of hydrogen-bond donors (Lipinski definition) is 1. The van der Waals surface area contributed by atoms with E-state index in [1.54, 1.807) is 6.08 Å². The van der Waals surface area contributed by atoms with Gasteiger partial charge in [-0.15, -0.1) is 6.58 Å². The number of carbonyl (C=O) groups is 1. The van der Waals surface area contributed by atoms with Crippen LogP contribution in [0.2, 0.25) is 0 Å². The van der Waals surface area contributed by atoms with Crippen LogP contribution in [0.4, 0.5) is 0 Å². The smallest absolute Gasteiger partial charge is 0.331 e. The molecule has 0 saturated heterocycles. The lowest BCUT2D eigenvalue weighted by Gasteiger charge is -2.06. The Bertz CT molecular complexity index is 180. The summed E-state index contributed by atoms with van der Waals surface area (Å²) >= 11 is 0. The number of aliphatic carboxylic acids is 1. The first-order valence-electron chi connectivity index (χ1n) is 4.21. The van der Waals surface area contributed by atoms with Crippen LogP contribution >= 0.6 is 0 Å². The van der Waals surface area contributed by atoms with Gasteiger partial charge >= 0.3 is 5.97 Å². The Morgan fingerprint density at radius 1 is 1.67 bits per heavy atom. The van der Waals surface area contributed by atoms with Gasteiger partial charge in [0.2, 0.25) is 0 Å². The van der Waals surface area contributed by atoms with Crippen molar-refractivity contribution in [3.63, 3.8) is 0 Å². The van der Waals surface area contributed by atoms with Crippen LogP contribution in [-0.2, 0) is 4.79 Å². The number of rotatable bonds is 1. The predicted molar refractivity (Wildman–Crippen MR) is 50.1 cm³/mol. The third-order valence-electron chi connectivity index (χ3n) is 1.57. The molecule has 0 fully saturated rings. The Morgan fingerprint density at radius 3 is 2.50 bits per heavy atom. The number of hydrogen-bond acceptors (Lipinski definition) is 1. The number of carboxylic acids is 1. The Labute approximate surface area is 73.6 Å². The fraction of sp³-hybridized carbons (Fsp3) is 0.500. The van der Waals surface area contributed by atoms with Gasteiger partial charge in [0, 0.05) is 5.57 Å². The molecule has 0 unspecified atom stereocenters. The average Bonchev–Trinajstić information content (AvgIpc) is 2.07. The van der Waals surface area contributed by atoms with E-state index in [4.69, 9.17) is 5.11 Å². The monoisotopic (exact) mass is 168 g/mol. The van der Waals surface area contributed by atoms with Crippen molar-refractivity contribution in [1.29, 1.82) is 0 Å². The Hall–Kier alpha value is -1.05. The first-order chi connectivity index (χ1) is 5.72. The molecule has 0 saturated carbocycles. The molecular weight excluding hydrogens is 152 g/mol. The largest absolute Gasteiger partial charge is 0.478 e. The zero-order valence-corrected chi connectivity index (χ0v) is 7.55. The molecule has 0 atom stereocenters. The minimum Gasteiger partial charge on any atom is -0.478 e. The molecular formula is C10H16O2. The van der Waals surface area contributed by atoms with Crippen molar-refractivity contribution < 1.29 is 9.90 Å². The third kappa shape index (κ3) is 4.72. The average molecular weight is 168 g/mol. The van der Waals surface area contributed by atoms with Crippen LogP contribution < -0.4 is 0 Å². The fourth-order valence-electron chi connectivity index (χ4n) is 1.03. The lowest BCUT2D eigenvalue weighted by Crippen LogP contribution is -2.03. The van der Waals surface area contributed by atoms with Crippen molar-refractivity contribution in [2.45, 2.75) is 32.6 Å². The van der Waals surface area contributed by atoms with Crippen LogP contribution in [0.5, 0.6) is 0 Å². The van der Waals surface area contributed by atoms with Gasteiger partial charge in [-0.05, 0) is 32.6 Å². The van der Waals surface area contributed by atoms with Crippen LogP contribution in [0.1, 0.15) is 32.6 Å². The van der Waals surface area contributed by atoms with E-state index in [0.29, 0.717) is 5.57 Å². The molecule has 0 aromatic rings. The van der Waals surface area contributed by atoms with E-state index in [-0.39, 0.29) is 0 Å². The van der Waals surface area contributed by atoms with Crippen molar-refractivity contribution in [2.75, 3.05) is 0 Å². The van der Waals surface area contributed by atoms with Gasteiger partial charge in [0.1, 0.15) is 0 Å². The van der Waals surface area contributed by atoms with Crippen molar-refractivity contribution in [3.8, 4) is 0 Å². The highest BCUT2D eigenvalue weighted by Gasteiger charge is 2.08. The molecule has 0 aromatic carbocycles. The fourth-order valence-corrected chi connectivity index (χ4v) is 1.03. The molecule has 0 aromatic heterocycles. The van der Waals surface area contributed by atoms with Gasteiger partial charge in [0.05, 0.1) is 0 Å². The van der Waals surface area contributed by atoms with Gasteiger partial charge in [0.25, 0.3) is 0 Å². The summed E-state index contributed by atoms with van der Waals surface area (Å²) in [7, 11) is 0. The molecule has 0 amide bonds. The first-order valence-corrected chi connectivity index (χ1v) is 4.21. The second kappa shape index (κ2) is 6.65. The normalized spacial score (nSPS) is 15.2. The van der Waals surface area contributed by atoms with E-state index >= 15 is 0 Å². The molecule has 1 aliphatic rings. The van der Waals surface area contributed by atoms with Crippen molar-refractivity contribution in [3.05, 3.63) is 24.3 Å². The summed E-state index contributed by atoms with van der Waals surface area (Å²) in [6.07, 6.45) is 7.47. The SMILES string of the molecule is C=CC.O=C(O)C1=CCCCC1. The summed E-state index contributed by atoms with van der Waals surface area (Å²) in [5.74, 6) is -0.741. The van der Waals surface area contributed by atoms with E-state index in [2.05, 4.69) is 6.58 Å². The maximum atomic E-state index is 10.3. The van der Waals surface area contributed by atoms with E-state index in [1.165, 1.54) is 0 Å². The summed E-state index contributed by atoms with van der Waals surface area (Å²) in [6, 6.07) is 0. The summed E-state index contributed by atoms with van der Waals surface area (Å²) < 4.78 is 0. The zero-order chi connectivity index (χ0) is 9.40. The molecule has 0 spiro atoms. The maximum Gasteiger partial charge on any atom is 0.331 e. The molecule has 1 rings (SSSR count). The Morgan fingerprint density at radius 2 is 2.25 bits per heavy atom. The molecule has 1 N–H and O–H groups in total. The maximum absolute atomic E-state index is 10.3. The highest BCUT2D eigenvalue weighted by Crippen LogP contribution is 2.16. The first kappa shape index (κ1) is 11.0. The molecule has 2 nitrogen and oxygen atoms in total. The predicted octanol–water partition coefficient (Wildman–Crippen LogP) is 2.76. The molecule has 68 valence electrons. The molecule has 12 heavy (non-hydrogen) atoms. The van der Waals surface area contributed by atoms with Crippen LogP contribution in [0.3, 0.4) is 0 Å². The third-order valence-corrected chi connectivity index (χ3v) is 1.57. The molecule has 0 heterocycles. The standard InChI is InChI=1S/C7H10O2.C3H6/c8-7(9)6-4-2-1-3-5-6;1-3-2/h4H,1-3,5H2,(H,8,9);3H,1H2,2H3. The van der Waals surface area contributed by atoms with Gasteiger partial charge in [-0.1, -0.05) is 12.2 Å². The van der Waals surface area contributed by atoms with Crippen molar-refractivity contribution in [1.82, 2.24) is 0 Å². The van der Waals surface area contributed by atoms with Gasteiger partial charge < -0.3 is 5.11 Å². The molecule has 2 heteroatoms. The van der Waals surface area contributed by atoms with Gasteiger partial charge in [0.15, 0.2) is 0 Å². The van der Waals surface area contributed by atoms with Crippen LogP contribution in [-0.4, -0.2) is 11.1 Å². The summed E-state index contributed by atoms with van der Waals surface area (Å²) in [5, 5.41) is 8.47. The number of allylic oxidation sites excluding steroid dienone is 2. The summed E-state index contributed by atoms with van der Waals surface area (Å²) in [4.78, 5) is 10.3. The van der Waals surface area contributed by atoms with Gasteiger partial charge in [-0.25, -0.2) is 4.79 Å². The van der Waals surface area contributed by atoms with Crippen LogP contribution in [0.25, 0.3) is 0 Å². The lowest BCUT2D eigenvalue weighted by atomic mass is 10.0. The lowest BCUT2D eigenvalue weighted by molar-refractivity contribution is -0.132. The zero-order valence-electron chi connectivity index (χ0n) is 7.55. The summed E-state index contributed by atoms with van der Waals surface area (Å²) in [6.45, 7) is 5.25. The second-order valence-electron chi connectivity index (χ2n) is 2.69. The minimum atomic E-state index is -0.741. The Balaban J connectivity index is 0.000000354. The van der Waals surface area contributed by atoms with E-state index in [0.717, 1.165) is 25.7 Å². The van der Waals surface area contributed by atoms with Gasteiger partial charge in [-0.2, -0.15) is 0 Å².